The number of benzene rings is 1. The molecular formula is C15H14Cl2N2O. The Morgan fingerprint density at radius 1 is 1.15 bits per heavy atom. The number of aromatic nitrogens is 1. The second kappa shape index (κ2) is 5.51. The molecule has 0 aliphatic heterocycles. The summed E-state index contributed by atoms with van der Waals surface area (Å²) in [6, 6.07) is 9.01. The van der Waals surface area contributed by atoms with Gasteiger partial charge in [-0.3, -0.25) is 4.79 Å². The smallest absolute Gasteiger partial charge is 0.248 e. The first-order valence-corrected chi connectivity index (χ1v) is 7.33. The van der Waals surface area contributed by atoms with Gasteiger partial charge in [0.25, 0.3) is 0 Å². The third kappa shape index (κ3) is 2.56. The summed E-state index contributed by atoms with van der Waals surface area (Å²) in [5.74, 6) is 0. The number of aromatic amines is 1. The topological polar surface area (TPSA) is 44.9 Å². The molecule has 3 nitrogen and oxygen atoms in total. The highest BCUT2D eigenvalue weighted by Crippen LogP contribution is 2.36. The molecule has 3 rings (SSSR count). The van der Waals surface area contributed by atoms with Gasteiger partial charge in [0.15, 0.2) is 0 Å². The maximum atomic E-state index is 11.4. The monoisotopic (exact) mass is 308 g/mol. The molecule has 1 atom stereocenters. The zero-order valence-corrected chi connectivity index (χ0v) is 12.3. The van der Waals surface area contributed by atoms with Gasteiger partial charge in [0, 0.05) is 11.8 Å². The van der Waals surface area contributed by atoms with Gasteiger partial charge in [-0.15, -0.1) is 0 Å². The number of rotatable bonds is 2. The third-order valence-corrected chi connectivity index (χ3v) is 4.24. The Kier molecular flexibility index (Phi) is 3.72. The second-order valence-corrected chi connectivity index (χ2v) is 5.76. The molecule has 20 heavy (non-hydrogen) atoms. The lowest BCUT2D eigenvalue weighted by Crippen LogP contribution is -2.21. The maximum absolute atomic E-state index is 11.4. The number of halogens is 2. The molecule has 0 saturated carbocycles. The van der Waals surface area contributed by atoms with Crippen LogP contribution in [0.4, 0.5) is 5.69 Å². The van der Waals surface area contributed by atoms with Crippen LogP contribution in [0.15, 0.2) is 35.1 Å². The predicted molar refractivity (Wildman–Crippen MR) is 82.8 cm³/mol. The minimum absolute atomic E-state index is 0.0554. The van der Waals surface area contributed by atoms with E-state index < -0.39 is 0 Å². The Morgan fingerprint density at radius 3 is 2.65 bits per heavy atom. The number of anilines is 1. The number of nitrogens with one attached hydrogen (secondary N) is 2. The van der Waals surface area contributed by atoms with Crippen molar-refractivity contribution in [3.63, 3.8) is 0 Å². The molecule has 104 valence electrons. The lowest BCUT2D eigenvalue weighted by atomic mass is 9.91. The SMILES string of the molecule is O=c1ccc2c([nH]1)CCCC2Nc1c(Cl)cccc1Cl. The van der Waals surface area contributed by atoms with Gasteiger partial charge in [0.2, 0.25) is 5.56 Å². The van der Waals surface area contributed by atoms with Crippen molar-refractivity contribution in [2.45, 2.75) is 25.3 Å². The Bertz CT molecular complexity index is 676. The van der Waals surface area contributed by atoms with E-state index in [1.807, 2.05) is 24.3 Å². The van der Waals surface area contributed by atoms with Crippen molar-refractivity contribution in [2.75, 3.05) is 5.32 Å². The lowest BCUT2D eigenvalue weighted by Gasteiger charge is -2.27. The van der Waals surface area contributed by atoms with Crippen molar-refractivity contribution in [3.05, 3.63) is 62.0 Å². The maximum Gasteiger partial charge on any atom is 0.248 e. The van der Waals surface area contributed by atoms with Gasteiger partial charge in [-0.25, -0.2) is 0 Å². The quantitative estimate of drug-likeness (QED) is 0.874. The van der Waals surface area contributed by atoms with Crippen LogP contribution in [0.3, 0.4) is 0 Å². The van der Waals surface area contributed by atoms with Crippen molar-refractivity contribution < 1.29 is 0 Å². The number of para-hydroxylation sites is 1. The van der Waals surface area contributed by atoms with Crippen LogP contribution in [0.1, 0.15) is 30.1 Å². The molecule has 1 unspecified atom stereocenters. The van der Waals surface area contributed by atoms with E-state index in [9.17, 15) is 4.79 Å². The first-order valence-electron chi connectivity index (χ1n) is 6.58. The molecule has 1 heterocycles. The molecule has 2 N–H and O–H groups in total. The third-order valence-electron chi connectivity index (χ3n) is 3.61. The molecule has 1 aromatic heterocycles. The van der Waals surface area contributed by atoms with Gasteiger partial charge in [-0.05, 0) is 43.0 Å². The molecular weight excluding hydrogens is 295 g/mol. The molecule has 1 aliphatic rings. The van der Waals surface area contributed by atoms with Crippen molar-refractivity contribution >= 4 is 28.9 Å². The van der Waals surface area contributed by atoms with E-state index in [0.717, 1.165) is 36.2 Å². The summed E-state index contributed by atoms with van der Waals surface area (Å²) >= 11 is 12.4. The highest BCUT2D eigenvalue weighted by atomic mass is 35.5. The van der Waals surface area contributed by atoms with Gasteiger partial charge in [-0.1, -0.05) is 29.3 Å². The molecule has 0 radical (unpaired) electrons. The van der Waals surface area contributed by atoms with Gasteiger partial charge in [0.05, 0.1) is 21.8 Å². The van der Waals surface area contributed by atoms with Crippen LogP contribution >= 0.6 is 23.2 Å². The van der Waals surface area contributed by atoms with E-state index in [2.05, 4.69) is 10.3 Å². The zero-order chi connectivity index (χ0) is 14.1. The van der Waals surface area contributed by atoms with Gasteiger partial charge >= 0.3 is 0 Å². The fourth-order valence-corrected chi connectivity index (χ4v) is 3.17. The van der Waals surface area contributed by atoms with Crippen LogP contribution in [-0.4, -0.2) is 4.98 Å². The number of H-pyrrole nitrogens is 1. The summed E-state index contributed by atoms with van der Waals surface area (Å²) in [6.07, 6.45) is 2.91. The van der Waals surface area contributed by atoms with Crippen LogP contribution in [-0.2, 0) is 6.42 Å². The minimum Gasteiger partial charge on any atom is -0.376 e. The standard InChI is InChI=1S/C15H14Cl2N2O/c16-10-3-1-4-11(17)15(10)19-13-6-2-5-12-9(13)7-8-14(20)18-12/h1,3-4,7-8,13,19H,2,5-6H2,(H,18,20). The minimum atomic E-state index is -0.0554. The molecule has 0 fully saturated rings. The van der Waals surface area contributed by atoms with Crippen LogP contribution in [0.2, 0.25) is 10.0 Å². The summed E-state index contributed by atoms with van der Waals surface area (Å²) < 4.78 is 0. The second-order valence-electron chi connectivity index (χ2n) is 4.94. The van der Waals surface area contributed by atoms with Crippen LogP contribution < -0.4 is 10.9 Å². The number of hydrogen-bond acceptors (Lipinski definition) is 2. The molecule has 0 amide bonds. The van der Waals surface area contributed by atoms with E-state index >= 15 is 0 Å². The van der Waals surface area contributed by atoms with Crippen molar-refractivity contribution in [1.82, 2.24) is 4.98 Å². The number of pyridine rings is 1. The van der Waals surface area contributed by atoms with Gasteiger partial charge < -0.3 is 10.3 Å². The highest BCUT2D eigenvalue weighted by Gasteiger charge is 2.22. The van der Waals surface area contributed by atoms with Gasteiger partial charge in [0.1, 0.15) is 0 Å². The fourth-order valence-electron chi connectivity index (χ4n) is 2.66. The molecule has 1 aromatic carbocycles. The number of fused-ring (bicyclic) bond motifs is 1. The van der Waals surface area contributed by atoms with Crippen LogP contribution in [0.25, 0.3) is 0 Å². The van der Waals surface area contributed by atoms with E-state index in [-0.39, 0.29) is 11.6 Å². The van der Waals surface area contributed by atoms with Crippen LogP contribution in [0.5, 0.6) is 0 Å². The summed E-state index contributed by atoms with van der Waals surface area (Å²) in [4.78, 5) is 14.3. The summed E-state index contributed by atoms with van der Waals surface area (Å²) in [6.45, 7) is 0. The molecule has 0 bridgehead atoms. The largest absolute Gasteiger partial charge is 0.376 e. The molecule has 0 saturated heterocycles. The summed E-state index contributed by atoms with van der Waals surface area (Å²) in [5, 5.41) is 4.62. The van der Waals surface area contributed by atoms with Crippen LogP contribution in [0, 0.1) is 0 Å². The Hall–Kier alpha value is -1.45. The average molecular weight is 309 g/mol. The summed E-state index contributed by atoms with van der Waals surface area (Å²) in [7, 11) is 0. The Balaban J connectivity index is 1.96. The normalized spacial score (nSPS) is 17.6. The Labute approximate surface area is 126 Å². The first kappa shape index (κ1) is 13.5. The fraction of sp³-hybridized carbons (Fsp3) is 0.267. The zero-order valence-electron chi connectivity index (χ0n) is 10.7. The van der Waals surface area contributed by atoms with E-state index in [1.165, 1.54) is 0 Å². The number of hydrogen-bond donors (Lipinski definition) is 2. The average Bonchev–Trinajstić information content (AvgIpc) is 2.42. The van der Waals surface area contributed by atoms with E-state index in [1.54, 1.807) is 6.07 Å². The first-order chi connectivity index (χ1) is 9.65. The van der Waals surface area contributed by atoms with Crippen molar-refractivity contribution in [3.8, 4) is 0 Å². The van der Waals surface area contributed by atoms with Crippen molar-refractivity contribution in [2.24, 2.45) is 0 Å². The lowest BCUT2D eigenvalue weighted by molar-refractivity contribution is 0.587. The highest BCUT2D eigenvalue weighted by molar-refractivity contribution is 6.39. The molecule has 5 heteroatoms. The Morgan fingerprint density at radius 2 is 1.90 bits per heavy atom. The molecule has 0 spiro atoms. The molecule has 2 aromatic rings. The van der Waals surface area contributed by atoms with Gasteiger partial charge in [-0.2, -0.15) is 0 Å². The summed E-state index contributed by atoms with van der Waals surface area (Å²) in [5.41, 5.74) is 2.82. The number of aryl methyl sites for hydroxylation is 1. The van der Waals surface area contributed by atoms with Crippen molar-refractivity contribution in [1.29, 1.82) is 0 Å². The molecule has 1 aliphatic carbocycles. The van der Waals surface area contributed by atoms with E-state index in [4.69, 9.17) is 23.2 Å². The predicted octanol–water partition coefficient (Wildman–Crippen LogP) is 4.17. The van der Waals surface area contributed by atoms with E-state index in [0.29, 0.717) is 10.0 Å².